The summed E-state index contributed by atoms with van der Waals surface area (Å²) in [4.78, 5) is 38.0. The molecule has 3 aliphatic heterocycles. The van der Waals surface area contributed by atoms with Crippen molar-refractivity contribution in [2.75, 3.05) is 11.5 Å². The first-order valence-electron chi connectivity index (χ1n) is 8.80. The first-order valence-corrected chi connectivity index (χ1v) is 11.2. The van der Waals surface area contributed by atoms with Gasteiger partial charge in [-0.25, -0.2) is 0 Å². The Kier molecular flexibility index (Phi) is 7.11. The topological polar surface area (TPSA) is 107 Å². The third kappa shape index (κ3) is 4.01. The molecule has 0 radical (unpaired) electrons. The number of β-lactam (4-membered cyclic amide) rings is 1. The van der Waals surface area contributed by atoms with Crippen LogP contribution in [0.1, 0.15) is 18.4 Å². The standard InChI is InChI=1S/C18H20N2O5S2.K/c21-12(10-11-4-2-1-3-5-11)19-13-15(22)20-14(17(23)24)18(26-16(13)20)6-8-27(25)9-7-18;/h1-5,13-14,16H,6-10H2,(H,19,21)(H,23,24);/q;+1/p-1/t13?,14?,16-,18?,27?;/m0./s1. The van der Waals surface area contributed by atoms with Gasteiger partial charge >= 0.3 is 51.4 Å². The summed E-state index contributed by atoms with van der Waals surface area (Å²) in [5.74, 6) is -1.07. The molecule has 144 valence electrons. The molecule has 3 heterocycles. The number of thioether (sulfide) groups is 1. The van der Waals surface area contributed by atoms with E-state index in [1.807, 2.05) is 30.3 Å². The van der Waals surface area contributed by atoms with Crippen LogP contribution in [0.4, 0.5) is 0 Å². The van der Waals surface area contributed by atoms with Gasteiger partial charge in [0, 0.05) is 27.1 Å². The van der Waals surface area contributed by atoms with E-state index >= 15 is 0 Å². The van der Waals surface area contributed by atoms with Crippen LogP contribution in [0.15, 0.2) is 30.3 Å². The van der Waals surface area contributed by atoms with Crippen LogP contribution in [0, 0.1) is 0 Å². The SMILES string of the molecule is O=C(Cc1ccccc1)NC1C(=O)N2C(C(=O)[O-])C3(CCS(=O)CC3)S[C@@H]12.[K+]. The summed E-state index contributed by atoms with van der Waals surface area (Å²) in [6, 6.07) is 7.46. The van der Waals surface area contributed by atoms with Gasteiger partial charge in [0.25, 0.3) is 0 Å². The second-order valence-corrected chi connectivity index (χ2v) is 10.3. The van der Waals surface area contributed by atoms with Gasteiger partial charge in [0.15, 0.2) is 0 Å². The van der Waals surface area contributed by atoms with Gasteiger partial charge in [-0.2, -0.15) is 0 Å². The van der Waals surface area contributed by atoms with E-state index in [1.54, 1.807) is 0 Å². The number of amides is 2. The first-order chi connectivity index (χ1) is 12.9. The molecular weight excluding hydrogens is 427 g/mol. The minimum Gasteiger partial charge on any atom is -0.548 e. The molecule has 10 heteroatoms. The number of nitrogens with one attached hydrogen (secondary N) is 1. The molecule has 4 rings (SSSR count). The molecule has 3 atom stereocenters. The van der Waals surface area contributed by atoms with Crippen LogP contribution in [-0.2, 0) is 31.6 Å². The van der Waals surface area contributed by atoms with Crippen molar-refractivity contribution in [2.45, 2.75) is 41.5 Å². The molecule has 3 aliphatic rings. The zero-order valence-corrected chi connectivity index (χ0v) is 20.2. The minimum absolute atomic E-state index is 0. The fraction of sp³-hybridized carbons (Fsp3) is 0.500. The van der Waals surface area contributed by atoms with Crippen LogP contribution in [0.3, 0.4) is 0 Å². The number of nitrogens with zero attached hydrogens (tertiary/aromatic N) is 1. The Balaban J connectivity index is 0.00000225. The molecule has 0 bridgehead atoms. The molecule has 28 heavy (non-hydrogen) atoms. The summed E-state index contributed by atoms with van der Waals surface area (Å²) in [7, 11) is -0.942. The van der Waals surface area contributed by atoms with Crippen molar-refractivity contribution in [3.8, 4) is 0 Å². The molecule has 1 N–H and O–H groups in total. The summed E-state index contributed by atoms with van der Waals surface area (Å²) in [6.07, 6.45) is 1.10. The summed E-state index contributed by atoms with van der Waals surface area (Å²) in [5.41, 5.74) is 0.844. The number of hydrogen-bond donors (Lipinski definition) is 1. The number of carbonyl (C=O) groups excluding carboxylic acids is 3. The Labute approximate surface area is 212 Å². The van der Waals surface area contributed by atoms with Gasteiger partial charge in [-0.05, 0) is 18.4 Å². The zero-order chi connectivity index (χ0) is 19.2. The maximum atomic E-state index is 12.6. The van der Waals surface area contributed by atoms with E-state index in [0.29, 0.717) is 24.3 Å². The van der Waals surface area contributed by atoms with Crippen molar-refractivity contribution in [3.05, 3.63) is 35.9 Å². The van der Waals surface area contributed by atoms with Gasteiger partial charge in [-0.15, -0.1) is 11.8 Å². The second-order valence-electron chi connectivity index (χ2n) is 7.10. The molecule has 1 aromatic rings. The van der Waals surface area contributed by atoms with Crippen LogP contribution in [0.25, 0.3) is 0 Å². The fourth-order valence-corrected chi connectivity index (χ4v) is 7.67. The monoisotopic (exact) mass is 446 g/mol. The molecule has 0 saturated carbocycles. The molecule has 3 saturated heterocycles. The molecule has 2 amide bonds. The Morgan fingerprint density at radius 1 is 1.25 bits per heavy atom. The average molecular weight is 447 g/mol. The van der Waals surface area contributed by atoms with Crippen molar-refractivity contribution in [3.63, 3.8) is 0 Å². The maximum absolute atomic E-state index is 12.6. The maximum Gasteiger partial charge on any atom is 1.00 e. The molecular formula is C18H19KN2O5S2. The smallest absolute Gasteiger partial charge is 0.548 e. The molecule has 0 aromatic heterocycles. The third-order valence-corrected chi connectivity index (χ3v) is 8.63. The van der Waals surface area contributed by atoms with Crippen molar-refractivity contribution in [1.29, 1.82) is 0 Å². The van der Waals surface area contributed by atoms with E-state index in [9.17, 15) is 23.7 Å². The summed E-state index contributed by atoms with van der Waals surface area (Å²) < 4.78 is 11.0. The van der Waals surface area contributed by atoms with E-state index in [-0.39, 0.29) is 69.6 Å². The van der Waals surface area contributed by atoms with E-state index in [0.717, 1.165) is 5.56 Å². The zero-order valence-electron chi connectivity index (χ0n) is 15.5. The molecule has 1 spiro atoms. The number of hydrogen-bond acceptors (Lipinski definition) is 6. The van der Waals surface area contributed by atoms with Crippen molar-refractivity contribution >= 4 is 40.3 Å². The van der Waals surface area contributed by atoms with Gasteiger partial charge in [-0.3, -0.25) is 13.8 Å². The van der Waals surface area contributed by atoms with Crippen molar-refractivity contribution in [1.82, 2.24) is 10.2 Å². The quantitative estimate of drug-likeness (QED) is 0.374. The first kappa shape index (κ1) is 22.5. The summed E-state index contributed by atoms with van der Waals surface area (Å²) >= 11 is 1.42. The van der Waals surface area contributed by atoms with Crippen LogP contribution >= 0.6 is 11.8 Å². The number of carbonyl (C=O) groups is 3. The van der Waals surface area contributed by atoms with Crippen LogP contribution in [0.5, 0.6) is 0 Å². The largest absolute Gasteiger partial charge is 1.00 e. The number of carboxylic acids is 1. The Morgan fingerprint density at radius 2 is 1.89 bits per heavy atom. The number of aliphatic carboxylic acids is 1. The molecule has 3 fully saturated rings. The van der Waals surface area contributed by atoms with Crippen LogP contribution in [-0.4, -0.2) is 60.6 Å². The summed E-state index contributed by atoms with van der Waals surface area (Å²) in [6.45, 7) is 0. The van der Waals surface area contributed by atoms with Crippen molar-refractivity contribution in [2.24, 2.45) is 0 Å². The molecule has 2 unspecified atom stereocenters. The van der Waals surface area contributed by atoms with Gasteiger partial charge in [0.05, 0.1) is 18.4 Å². The number of benzene rings is 1. The van der Waals surface area contributed by atoms with Crippen LogP contribution < -0.4 is 61.8 Å². The Bertz CT molecular complexity index is 811. The van der Waals surface area contributed by atoms with Gasteiger partial charge in [0.2, 0.25) is 11.8 Å². The number of rotatable bonds is 4. The van der Waals surface area contributed by atoms with E-state index in [4.69, 9.17) is 0 Å². The van der Waals surface area contributed by atoms with E-state index in [1.165, 1.54) is 16.7 Å². The third-order valence-electron chi connectivity index (χ3n) is 5.46. The summed E-state index contributed by atoms with van der Waals surface area (Å²) in [5, 5.41) is 14.1. The number of carboxylic acid groups (broad SMARTS) is 1. The molecule has 0 aliphatic carbocycles. The average Bonchev–Trinajstić information content (AvgIpc) is 2.95. The van der Waals surface area contributed by atoms with E-state index in [2.05, 4.69) is 5.32 Å². The normalized spacial score (nSPS) is 33.6. The van der Waals surface area contributed by atoms with Gasteiger partial charge in [-0.1, -0.05) is 30.3 Å². The minimum atomic E-state index is -1.28. The Morgan fingerprint density at radius 3 is 2.50 bits per heavy atom. The second kappa shape index (κ2) is 8.87. The molecule has 1 aromatic carbocycles. The van der Waals surface area contributed by atoms with E-state index < -0.39 is 39.0 Å². The van der Waals surface area contributed by atoms with Gasteiger partial charge in [0.1, 0.15) is 11.4 Å². The molecule has 7 nitrogen and oxygen atoms in total. The Hall–Kier alpha value is -0.234. The predicted octanol–water partition coefficient (Wildman–Crippen LogP) is -3.97. The predicted molar refractivity (Wildman–Crippen MR) is 98.9 cm³/mol. The van der Waals surface area contributed by atoms with Gasteiger partial charge < -0.3 is 20.1 Å². The fourth-order valence-electron chi connectivity index (χ4n) is 4.10. The van der Waals surface area contributed by atoms with Crippen molar-refractivity contribution < 1.29 is 75.1 Å². The van der Waals surface area contributed by atoms with Crippen LogP contribution in [0.2, 0.25) is 0 Å². The number of fused-ring (bicyclic) bond motifs is 1.